The minimum atomic E-state index is -0.176. The molecular weight excluding hydrogens is 414 g/mol. The summed E-state index contributed by atoms with van der Waals surface area (Å²) in [7, 11) is 1.63. The number of nitrogens with one attached hydrogen (secondary N) is 1. The molecular formula is C27H21N3O3. The van der Waals surface area contributed by atoms with E-state index in [9.17, 15) is 9.90 Å². The maximum atomic E-state index is 13.3. The van der Waals surface area contributed by atoms with Gasteiger partial charge in [-0.2, -0.15) is 0 Å². The lowest BCUT2D eigenvalue weighted by Crippen LogP contribution is -2.17. The topological polar surface area (TPSA) is 80.1 Å². The second-order valence-corrected chi connectivity index (χ2v) is 7.77. The average molecular weight is 435 g/mol. The van der Waals surface area contributed by atoms with E-state index in [1.54, 1.807) is 23.9 Å². The third kappa shape index (κ3) is 4.17. The van der Waals surface area contributed by atoms with Crippen molar-refractivity contribution in [2.75, 3.05) is 7.11 Å². The van der Waals surface area contributed by atoms with Crippen molar-refractivity contribution in [3.05, 3.63) is 118 Å². The highest BCUT2D eigenvalue weighted by molar-refractivity contribution is 5.61. The maximum Gasteiger partial charge on any atom is 0.278 e. The Morgan fingerprint density at radius 1 is 1.00 bits per heavy atom. The van der Waals surface area contributed by atoms with E-state index in [0.29, 0.717) is 24.4 Å². The van der Waals surface area contributed by atoms with E-state index < -0.39 is 0 Å². The number of imidazole rings is 1. The normalized spacial score (nSPS) is 10.8. The quantitative estimate of drug-likeness (QED) is 0.420. The molecule has 0 unspecified atom stereocenters. The van der Waals surface area contributed by atoms with E-state index in [4.69, 9.17) is 9.72 Å². The van der Waals surface area contributed by atoms with Crippen molar-refractivity contribution in [3.63, 3.8) is 0 Å². The first kappa shape index (κ1) is 20.4. The molecule has 0 fully saturated rings. The van der Waals surface area contributed by atoms with Crippen LogP contribution in [0.3, 0.4) is 0 Å². The van der Waals surface area contributed by atoms with Crippen LogP contribution in [0.2, 0.25) is 0 Å². The van der Waals surface area contributed by atoms with Crippen molar-refractivity contribution < 1.29 is 9.84 Å². The lowest BCUT2D eigenvalue weighted by Gasteiger charge is -2.13. The average Bonchev–Trinajstić information content (AvgIpc) is 3.17. The van der Waals surface area contributed by atoms with Crippen LogP contribution in [-0.4, -0.2) is 26.8 Å². The third-order valence-electron chi connectivity index (χ3n) is 5.52. The Balaban J connectivity index is 1.62. The highest BCUT2D eigenvalue weighted by Crippen LogP contribution is 2.25. The number of benzene rings is 2. The van der Waals surface area contributed by atoms with Gasteiger partial charge in [-0.3, -0.25) is 9.36 Å². The molecule has 5 rings (SSSR count). The molecule has 6 heteroatoms. The van der Waals surface area contributed by atoms with Gasteiger partial charge in [-0.1, -0.05) is 36.4 Å². The van der Waals surface area contributed by atoms with Gasteiger partial charge in [0.05, 0.1) is 18.5 Å². The van der Waals surface area contributed by atoms with Crippen LogP contribution in [0.1, 0.15) is 22.5 Å². The van der Waals surface area contributed by atoms with Crippen LogP contribution in [-0.2, 0) is 12.8 Å². The number of nitrogens with zero attached hydrogens (tertiary/aromatic N) is 2. The Labute approximate surface area is 191 Å². The zero-order valence-corrected chi connectivity index (χ0v) is 18.0. The van der Waals surface area contributed by atoms with Crippen LogP contribution in [0.5, 0.6) is 11.5 Å². The Morgan fingerprint density at radius 3 is 2.48 bits per heavy atom. The van der Waals surface area contributed by atoms with Crippen molar-refractivity contribution in [1.29, 1.82) is 0 Å². The molecule has 0 saturated heterocycles. The van der Waals surface area contributed by atoms with Gasteiger partial charge in [-0.25, -0.2) is 4.98 Å². The molecule has 2 aliphatic heterocycles. The minimum Gasteiger partial charge on any atom is -0.501 e. The molecule has 0 atom stereocenters. The van der Waals surface area contributed by atoms with Gasteiger partial charge >= 0.3 is 0 Å². The maximum absolute atomic E-state index is 13.3. The first-order valence-corrected chi connectivity index (χ1v) is 10.5. The number of aromatic amines is 1. The fraction of sp³-hybridized carbons (Fsp3) is 0.111. The molecule has 0 aromatic heterocycles. The van der Waals surface area contributed by atoms with Gasteiger partial charge in [0.2, 0.25) is 0 Å². The lowest BCUT2D eigenvalue weighted by atomic mass is 10.1. The zero-order chi connectivity index (χ0) is 22.8. The summed E-state index contributed by atoms with van der Waals surface area (Å²) >= 11 is 0. The number of hydrogen-bond acceptors (Lipinski definition) is 4. The van der Waals surface area contributed by atoms with Crippen molar-refractivity contribution in [1.82, 2.24) is 14.5 Å². The van der Waals surface area contributed by atoms with E-state index in [2.05, 4.69) is 17.1 Å². The van der Waals surface area contributed by atoms with E-state index in [-0.39, 0.29) is 11.3 Å². The van der Waals surface area contributed by atoms with Crippen molar-refractivity contribution >= 4 is 0 Å². The predicted octanol–water partition coefficient (Wildman–Crippen LogP) is 4.16. The second-order valence-electron chi connectivity index (χ2n) is 7.77. The van der Waals surface area contributed by atoms with E-state index in [0.717, 1.165) is 33.8 Å². The molecule has 0 saturated carbocycles. The molecule has 0 radical (unpaired) electrons. The van der Waals surface area contributed by atoms with Crippen LogP contribution in [0.15, 0.2) is 77.7 Å². The Kier molecular flexibility index (Phi) is 5.29. The fourth-order valence-corrected chi connectivity index (χ4v) is 3.82. The predicted molar refractivity (Wildman–Crippen MR) is 125 cm³/mol. The molecule has 0 bridgehead atoms. The highest BCUT2D eigenvalue weighted by Gasteiger charge is 2.20. The van der Waals surface area contributed by atoms with Gasteiger partial charge in [0.25, 0.3) is 5.56 Å². The molecule has 162 valence electrons. The molecule has 0 spiro atoms. The molecule has 3 aromatic carbocycles. The largest absolute Gasteiger partial charge is 0.501 e. The smallest absolute Gasteiger partial charge is 0.278 e. The van der Waals surface area contributed by atoms with Crippen LogP contribution in [0.25, 0.3) is 17.1 Å². The number of aromatic hydroxyl groups is 1. The Bertz CT molecular complexity index is 1400. The monoisotopic (exact) mass is 435 g/mol. The summed E-state index contributed by atoms with van der Waals surface area (Å²) in [6, 6.07) is 26.5. The number of fused-ring (bicyclic) bond motifs is 1. The van der Waals surface area contributed by atoms with E-state index in [1.165, 1.54) is 6.07 Å². The summed E-state index contributed by atoms with van der Waals surface area (Å²) in [5.74, 6) is 1.37. The molecule has 0 amide bonds. The zero-order valence-electron chi connectivity index (χ0n) is 18.0. The summed E-state index contributed by atoms with van der Waals surface area (Å²) in [4.78, 5) is 21.5. The number of rotatable bonds is 6. The van der Waals surface area contributed by atoms with Crippen molar-refractivity contribution in [2.24, 2.45) is 0 Å². The van der Waals surface area contributed by atoms with E-state index >= 15 is 0 Å². The molecule has 0 aliphatic carbocycles. The van der Waals surface area contributed by atoms with E-state index in [1.807, 2.05) is 54.6 Å². The fourth-order valence-electron chi connectivity index (χ4n) is 3.82. The highest BCUT2D eigenvalue weighted by atomic mass is 16.5. The third-order valence-corrected chi connectivity index (χ3v) is 5.52. The first-order chi connectivity index (χ1) is 16.1. The molecule has 6 nitrogen and oxygen atoms in total. The van der Waals surface area contributed by atoms with Gasteiger partial charge in [-0.15, -0.1) is 0 Å². The van der Waals surface area contributed by atoms with Gasteiger partial charge in [0.1, 0.15) is 11.4 Å². The summed E-state index contributed by atoms with van der Waals surface area (Å²) in [6.45, 7) is 0. The summed E-state index contributed by atoms with van der Waals surface area (Å²) in [5, 5.41) is 9.46. The van der Waals surface area contributed by atoms with Gasteiger partial charge in [0, 0.05) is 24.6 Å². The van der Waals surface area contributed by atoms with Crippen LogP contribution in [0.4, 0.5) is 0 Å². The summed E-state index contributed by atoms with van der Waals surface area (Å²) in [5.41, 5.74) is 4.67. The second kappa shape index (κ2) is 8.56. The van der Waals surface area contributed by atoms with Gasteiger partial charge in [0.15, 0.2) is 11.6 Å². The minimum absolute atomic E-state index is 0.0139. The number of H-pyrrole nitrogens is 1. The van der Waals surface area contributed by atoms with Crippen LogP contribution in [0, 0.1) is 12.1 Å². The first-order valence-electron chi connectivity index (χ1n) is 10.5. The summed E-state index contributed by atoms with van der Waals surface area (Å²) < 4.78 is 6.87. The van der Waals surface area contributed by atoms with Crippen molar-refractivity contribution in [3.8, 4) is 28.6 Å². The van der Waals surface area contributed by atoms with Crippen molar-refractivity contribution in [2.45, 2.75) is 12.8 Å². The number of hydrogen-bond donors (Lipinski definition) is 2. The number of aromatic nitrogens is 3. The molecule has 2 aliphatic rings. The Morgan fingerprint density at radius 2 is 1.79 bits per heavy atom. The molecule has 3 aromatic rings. The molecule has 2 heterocycles. The summed E-state index contributed by atoms with van der Waals surface area (Å²) in [6.07, 6.45) is 2.69. The van der Waals surface area contributed by atoms with Gasteiger partial charge < -0.3 is 14.8 Å². The molecule has 2 N–H and O–H groups in total. The van der Waals surface area contributed by atoms with Crippen LogP contribution < -0.4 is 10.3 Å². The van der Waals surface area contributed by atoms with Gasteiger partial charge in [-0.05, 0) is 53.6 Å². The lowest BCUT2D eigenvalue weighted by molar-refractivity contribution is 0.415. The van der Waals surface area contributed by atoms with Crippen LogP contribution >= 0.6 is 0 Å². The Hall–Kier alpha value is -4.50. The SMILES string of the molecule is COc1ccc(-c2cn3c(=O)c(Cc4c#cc(O)cc4)nc-3c(Cc3ccccc3)[nH]2)cc1. The standard InChI is InChI=1S/C27H21N3O3/c1-33-22-13-9-20(10-14-22)25-17-30-26(23(28-25)15-18-5-3-2-4-6-18)29-24(27(30)32)16-19-7-11-21(31)12-8-19/h2-7,9-11,13-14,17,28,31H,15-16H2,1H3. The number of ether oxygens (including phenoxy) is 1. The molecule has 33 heavy (non-hydrogen) atoms. The number of methoxy groups -OCH3 is 1.